The van der Waals surface area contributed by atoms with Gasteiger partial charge < -0.3 is 30.6 Å². The number of allylic oxidation sites excluding steroid dienone is 2. The molecule has 5 N–H and O–H groups in total. The summed E-state index contributed by atoms with van der Waals surface area (Å²) in [4.78, 5) is 33.1. The van der Waals surface area contributed by atoms with E-state index in [-0.39, 0.29) is 5.56 Å². The van der Waals surface area contributed by atoms with Crippen LogP contribution in [0.2, 0.25) is 0 Å². The van der Waals surface area contributed by atoms with Gasteiger partial charge in [0, 0.05) is 43.9 Å². The van der Waals surface area contributed by atoms with Gasteiger partial charge in [-0.2, -0.15) is 10.2 Å². The Morgan fingerprint density at radius 1 is 0.761 bits per heavy atom. The summed E-state index contributed by atoms with van der Waals surface area (Å²) in [5, 5.41) is 25.4. The van der Waals surface area contributed by atoms with E-state index in [1.54, 1.807) is 30.3 Å². The zero-order valence-corrected chi connectivity index (χ0v) is 26.0. The number of aryl methyl sites for hydroxylation is 4. The second kappa shape index (κ2) is 12.2. The van der Waals surface area contributed by atoms with E-state index in [9.17, 15) is 14.7 Å². The van der Waals surface area contributed by atoms with Crippen LogP contribution in [0.1, 0.15) is 46.0 Å². The number of aromatic carboxylic acids is 1. The molecule has 0 aliphatic carbocycles. The van der Waals surface area contributed by atoms with Crippen LogP contribution in [0.4, 0.5) is 23.5 Å². The van der Waals surface area contributed by atoms with Gasteiger partial charge in [0.1, 0.15) is 11.6 Å². The molecule has 0 atom stereocenters. The van der Waals surface area contributed by atoms with Gasteiger partial charge in [0.25, 0.3) is 0 Å². The van der Waals surface area contributed by atoms with Crippen LogP contribution in [-0.4, -0.2) is 55.6 Å². The van der Waals surface area contributed by atoms with Crippen molar-refractivity contribution < 1.29 is 14.7 Å². The maximum absolute atomic E-state index is 11.9. The molecule has 1 amide bonds. The van der Waals surface area contributed by atoms with Gasteiger partial charge in [-0.1, -0.05) is 12.2 Å². The Labute approximate surface area is 264 Å². The third-order valence-electron chi connectivity index (χ3n) is 7.65. The number of benzene rings is 2. The first kappa shape index (κ1) is 30.1. The zero-order valence-electron chi connectivity index (χ0n) is 26.0. The van der Waals surface area contributed by atoms with Crippen LogP contribution in [0.15, 0.2) is 60.7 Å². The van der Waals surface area contributed by atoms with Crippen molar-refractivity contribution in [1.82, 2.24) is 38.7 Å². The van der Waals surface area contributed by atoms with Gasteiger partial charge in [-0.05, 0) is 64.1 Å². The number of hydrogen-bond acceptors (Lipinski definition) is 8. The number of nitrogens with two attached hydrogens (primary N) is 1. The van der Waals surface area contributed by atoms with Crippen molar-refractivity contribution in [2.45, 2.75) is 53.9 Å². The predicted octanol–water partition coefficient (Wildman–Crippen LogP) is 4.98. The van der Waals surface area contributed by atoms with Crippen LogP contribution in [0.3, 0.4) is 0 Å². The molecule has 6 rings (SSSR count). The summed E-state index contributed by atoms with van der Waals surface area (Å²) in [6.45, 7) is 10.2. The minimum atomic E-state index is -1.01. The largest absolute Gasteiger partial charge is 0.478 e. The van der Waals surface area contributed by atoms with E-state index in [2.05, 4.69) is 20.8 Å². The van der Waals surface area contributed by atoms with Gasteiger partial charge in [0.15, 0.2) is 0 Å². The van der Waals surface area contributed by atoms with Crippen LogP contribution < -0.4 is 16.4 Å². The molecule has 46 heavy (non-hydrogen) atoms. The fourth-order valence-corrected chi connectivity index (χ4v) is 5.47. The van der Waals surface area contributed by atoms with Gasteiger partial charge in [-0.25, -0.2) is 24.1 Å². The molecule has 0 radical (unpaired) electrons. The quantitative estimate of drug-likeness (QED) is 0.137. The topological polar surface area (TPSA) is 176 Å². The number of hydrogen-bond donors (Lipinski definition) is 4. The van der Waals surface area contributed by atoms with Crippen LogP contribution in [0, 0.1) is 13.8 Å². The second-order valence-corrected chi connectivity index (χ2v) is 10.9. The number of carbonyl (C=O) groups is 2. The molecule has 236 valence electrons. The Morgan fingerprint density at radius 2 is 1.22 bits per heavy atom. The first-order valence-electron chi connectivity index (χ1n) is 15.0. The standard InChI is InChI=1S/C32H35N11O3/c1-5-42-27(15-19(3)38-42)36-31-34-23-17-21(29(33)44)9-11-25(23)40(31)13-7-8-14-41-26-12-10-22(30(45)46)18-24(26)35-32(41)37-28-16-20(4)39-43(28)6-2/h7-12,15-18H,5-6,13-14H2,1-4H3,(H2,33,44)(H,34,36)(H,35,37)(H,45,46)/b8-7+. The lowest BCUT2D eigenvalue weighted by Gasteiger charge is -2.11. The summed E-state index contributed by atoms with van der Waals surface area (Å²) in [5.41, 5.74) is 10.7. The number of carbonyl (C=O) groups excluding carboxylic acids is 1. The number of fused-ring (bicyclic) bond motifs is 2. The van der Waals surface area contributed by atoms with Gasteiger partial charge >= 0.3 is 5.97 Å². The number of rotatable bonds is 12. The molecule has 0 saturated heterocycles. The third kappa shape index (κ3) is 5.79. The summed E-state index contributed by atoms with van der Waals surface area (Å²) >= 11 is 0. The number of anilines is 4. The summed E-state index contributed by atoms with van der Waals surface area (Å²) in [7, 11) is 0. The van der Waals surface area contributed by atoms with Crippen molar-refractivity contribution in [3.63, 3.8) is 0 Å². The molecule has 0 spiro atoms. The molecule has 14 heteroatoms. The number of imidazole rings is 2. The Bertz CT molecular complexity index is 1980. The molecule has 0 unspecified atom stereocenters. The number of nitrogens with zero attached hydrogens (tertiary/aromatic N) is 8. The van der Waals surface area contributed by atoms with Crippen molar-refractivity contribution in [1.29, 1.82) is 0 Å². The van der Waals surface area contributed by atoms with Crippen molar-refractivity contribution in [3.8, 4) is 0 Å². The van der Waals surface area contributed by atoms with E-state index in [1.165, 1.54) is 0 Å². The second-order valence-electron chi connectivity index (χ2n) is 10.9. The first-order valence-corrected chi connectivity index (χ1v) is 15.0. The highest BCUT2D eigenvalue weighted by Gasteiger charge is 2.17. The minimum absolute atomic E-state index is 0.166. The zero-order chi connectivity index (χ0) is 32.5. The lowest BCUT2D eigenvalue weighted by molar-refractivity contribution is 0.0696. The minimum Gasteiger partial charge on any atom is -0.478 e. The van der Waals surface area contributed by atoms with Gasteiger partial charge in [-0.15, -0.1) is 0 Å². The van der Waals surface area contributed by atoms with Crippen LogP contribution >= 0.6 is 0 Å². The van der Waals surface area contributed by atoms with Crippen molar-refractivity contribution >= 4 is 57.5 Å². The molecular formula is C32H35N11O3. The Hall–Kier alpha value is -5.92. The fourth-order valence-electron chi connectivity index (χ4n) is 5.47. The lowest BCUT2D eigenvalue weighted by atomic mass is 10.2. The molecule has 0 saturated carbocycles. The molecule has 4 heterocycles. The summed E-state index contributed by atoms with van der Waals surface area (Å²) in [5.74, 6) is 1.22. The van der Waals surface area contributed by atoms with E-state index in [4.69, 9.17) is 15.7 Å². The summed E-state index contributed by atoms with van der Waals surface area (Å²) in [6.07, 6.45) is 4.05. The SMILES string of the molecule is CCn1nc(C)cc1Nc1nc2cc(C(N)=O)ccc2n1C/C=C/Cn1c(Nc2cc(C)nn2CC)nc2cc(C(=O)O)ccc21. The van der Waals surface area contributed by atoms with Gasteiger partial charge in [0.05, 0.1) is 39.0 Å². The van der Waals surface area contributed by atoms with Crippen LogP contribution in [0.5, 0.6) is 0 Å². The Morgan fingerprint density at radius 3 is 1.65 bits per heavy atom. The molecule has 0 aliphatic heterocycles. The van der Waals surface area contributed by atoms with E-state index in [1.807, 2.05) is 76.5 Å². The smallest absolute Gasteiger partial charge is 0.335 e. The van der Waals surface area contributed by atoms with E-state index in [0.717, 1.165) is 34.1 Å². The highest BCUT2D eigenvalue weighted by molar-refractivity contribution is 5.97. The molecule has 0 bridgehead atoms. The lowest BCUT2D eigenvalue weighted by Crippen LogP contribution is -2.10. The monoisotopic (exact) mass is 621 g/mol. The maximum atomic E-state index is 11.9. The molecular weight excluding hydrogens is 586 g/mol. The van der Waals surface area contributed by atoms with Crippen molar-refractivity contribution in [3.05, 3.63) is 83.2 Å². The van der Waals surface area contributed by atoms with Gasteiger partial charge in [-0.3, -0.25) is 4.79 Å². The number of carboxylic acids is 1. The van der Waals surface area contributed by atoms with E-state index < -0.39 is 11.9 Å². The highest BCUT2D eigenvalue weighted by Crippen LogP contribution is 2.27. The predicted molar refractivity (Wildman–Crippen MR) is 176 cm³/mol. The van der Waals surface area contributed by atoms with Crippen molar-refractivity contribution in [2.24, 2.45) is 5.73 Å². The fraction of sp³-hybridized carbons (Fsp3) is 0.250. The third-order valence-corrected chi connectivity index (χ3v) is 7.65. The normalized spacial score (nSPS) is 11.7. The number of aromatic nitrogens is 8. The summed E-state index contributed by atoms with van der Waals surface area (Å²) in [6, 6.07) is 14.1. The molecule has 0 fully saturated rings. The number of amides is 1. The molecule has 4 aromatic heterocycles. The van der Waals surface area contributed by atoms with Crippen LogP contribution in [-0.2, 0) is 26.2 Å². The van der Waals surface area contributed by atoms with Gasteiger partial charge in [0.2, 0.25) is 17.8 Å². The number of carboxylic acid groups (broad SMARTS) is 1. The van der Waals surface area contributed by atoms with E-state index in [0.29, 0.717) is 54.7 Å². The maximum Gasteiger partial charge on any atom is 0.335 e. The average Bonchev–Trinajstić information content (AvgIpc) is 3.77. The average molecular weight is 622 g/mol. The number of nitrogens with one attached hydrogen (secondary N) is 2. The van der Waals surface area contributed by atoms with Crippen LogP contribution in [0.25, 0.3) is 22.1 Å². The molecule has 0 aliphatic rings. The van der Waals surface area contributed by atoms with E-state index >= 15 is 0 Å². The number of primary amides is 1. The Kier molecular flexibility index (Phi) is 8.01. The molecule has 14 nitrogen and oxygen atoms in total. The highest BCUT2D eigenvalue weighted by atomic mass is 16.4. The molecule has 2 aromatic carbocycles. The summed E-state index contributed by atoms with van der Waals surface area (Å²) < 4.78 is 7.73. The molecule has 6 aromatic rings. The first-order chi connectivity index (χ1) is 22.1. The Balaban J connectivity index is 1.33. The van der Waals surface area contributed by atoms with Crippen molar-refractivity contribution in [2.75, 3.05) is 10.6 Å².